The predicted octanol–water partition coefficient (Wildman–Crippen LogP) is 4.59. The van der Waals surface area contributed by atoms with Crippen molar-refractivity contribution >= 4 is 22.8 Å². The zero-order valence-corrected chi connectivity index (χ0v) is 23.1. The Balaban J connectivity index is 1.29. The monoisotopic (exact) mass is 542 g/mol. The molecule has 1 saturated carbocycles. The van der Waals surface area contributed by atoms with Gasteiger partial charge in [0.1, 0.15) is 23.6 Å². The van der Waals surface area contributed by atoms with E-state index in [1.54, 1.807) is 31.6 Å². The largest absolute Gasteiger partial charge is 0.464 e. The molecule has 0 bridgehead atoms. The third-order valence-electron chi connectivity index (χ3n) is 7.51. The first kappa shape index (κ1) is 26.1. The number of carbonyl (C=O) groups excluding carboxylic acids is 2. The first-order chi connectivity index (χ1) is 19.1. The predicted molar refractivity (Wildman–Crippen MR) is 150 cm³/mol. The third kappa shape index (κ3) is 5.46. The van der Waals surface area contributed by atoms with Crippen molar-refractivity contribution in [3.63, 3.8) is 0 Å². The molecule has 0 spiro atoms. The van der Waals surface area contributed by atoms with Crippen molar-refractivity contribution in [2.45, 2.75) is 58.6 Å². The van der Waals surface area contributed by atoms with Gasteiger partial charge in [0.15, 0.2) is 0 Å². The fourth-order valence-corrected chi connectivity index (χ4v) is 5.44. The average molecular weight is 543 g/mol. The highest BCUT2D eigenvalue weighted by molar-refractivity contribution is 5.83. The minimum absolute atomic E-state index is 0.192. The van der Waals surface area contributed by atoms with E-state index in [0.29, 0.717) is 24.5 Å². The number of nitrogens with zero attached hydrogens (tertiary/aromatic N) is 4. The van der Waals surface area contributed by atoms with Crippen LogP contribution < -0.4 is 5.69 Å². The zero-order valence-electron chi connectivity index (χ0n) is 23.1. The molecule has 1 saturated heterocycles. The lowest BCUT2D eigenvalue weighted by Crippen LogP contribution is -2.31. The Bertz CT molecular complexity index is 1620. The smallest absolute Gasteiger partial charge is 0.351 e. The summed E-state index contributed by atoms with van der Waals surface area (Å²) in [6.07, 6.45) is 5.04. The van der Waals surface area contributed by atoms with E-state index < -0.39 is 17.3 Å². The Morgan fingerprint density at radius 3 is 2.50 bits per heavy atom. The van der Waals surface area contributed by atoms with Gasteiger partial charge in [-0.05, 0) is 87.4 Å². The first-order valence-corrected chi connectivity index (χ1v) is 13.9. The van der Waals surface area contributed by atoms with Crippen LogP contribution in [0.3, 0.4) is 0 Å². The van der Waals surface area contributed by atoms with Gasteiger partial charge in [0, 0.05) is 30.8 Å². The maximum absolute atomic E-state index is 13.6. The maximum atomic E-state index is 13.6. The van der Waals surface area contributed by atoms with Gasteiger partial charge in [-0.15, -0.1) is 0 Å². The van der Waals surface area contributed by atoms with Gasteiger partial charge in [-0.1, -0.05) is 18.2 Å². The van der Waals surface area contributed by atoms with E-state index in [4.69, 9.17) is 9.15 Å². The molecule has 2 aromatic heterocycles. The molecule has 1 atom stereocenters. The van der Waals surface area contributed by atoms with Gasteiger partial charge in [0.25, 0.3) is 0 Å². The van der Waals surface area contributed by atoms with Gasteiger partial charge in [-0.25, -0.2) is 14.0 Å². The molecule has 9 nitrogen and oxygen atoms in total. The number of hydrogen-bond acceptors (Lipinski definition) is 6. The summed E-state index contributed by atoms with van der Waals surface area (Å²) in [5, 5.41) is 5.62. The van der Waals surface area contributed by atoms with Crippen LogP contribution in [-0.2, 0) is 27.3 Å². The van der Waals surface area contributed by atoms with Crippen LogP contribution in [0.25, 0.3) is 27.8 Å². The van der Waals surface area contributed by atoms with E-state index in [0.717, 1.165) is 47.9 Å². The molecule has 4 aromatic rings. The number of furan rings is 1. The highest BCUT2D eigenvalue weighted by Gasteiger charge is 2.37. The number of amides is 1. The number of carbonyl (C=O) groups is 2. The molecule has 2 fully saturated rings. The Morgan fingerprint density at radius 2 is 1.77 bits per heavy atom. The van der Waals surface area contributed by atoms with Crippen molar-refractivity contribution < 1.29 is 18.7 Å². The molecule has 1 amide bonds. The number of hydrogen-bond donors (Lipinski definition) is 0. The summed E-state index contributed by atoms with van der Waals surface area (Å²) in [6, 6.07) is 15.7. The molecule has 0 N–H and O–H groups in total. The Labute approximate surface area is 232 Å². The quantitative estimate of drug-likeness (QED) is 0.317. The van der Waals surface area contributed by atoms with Gasteiger partial charge < -0.3 is 14.1 Å². The fourth-order valence-electron chi connectivity index (χ4n) is 5.44. The van der Waals surface area contributed by atoms with E-state index in [9.17, 15) is 14.4 Å². The number of benzene rings is 2. The molecule has 208 valence electrons. The zero-order chi connectivity index (χ0) is 28.0. The Kier molecular flexibility index (Phi) is 6.60. The summed E-state index contributed by atoms with van der Waals surface area (Å²) < 4.78 is 13.7. The van der Waals surface area contributed by atoms with Crippen molar-refractivity contribution in [3.05, 3.63) is 71.1 Å². The lowest BCUT2D eigenvalue weighted by Gasteiger charge is -2.19. The highest BCUT2D eigenvalue weighted by Crippen LogP contribution is 2.33. The number of esters is 1. The van der Waals surface area contributed by atoms with Crippen LogP contribution in [0.5, 0.6) is 0 Å². The van der Waals surface area contributed by atoms with Gasteiger partial charge in [-0.3, -0.25) is 9.59 Å². The molecule has 2 aliphatic rings. The van der Waals surface area contributed by atoms with E-state index in [-0.39, 0.29) is 24.3 Å². The van der Waals surface area contributed by atoms with Crippen LogP contribution in [0.1, 0.15) is 45.9 Å². The minimum Gasteiger partial charge on any atom is -0.464 e. The van der Waals surface area contributed by atoms with Crippen molar-refractivity contribution in [2.75, 3.05) is 13.1 Å². The lowest BCUT2D eigenvalue weighted by atomic mass is 10.0. The topological polar surface area (TPSA) is 99.6 Å². The molecule has 40 heavy (non-hydrogen) atoms. The molecule has 1 unspecified atom stereocenters. The molecule has 1 aliphatic heterocycles. The minimum atomic E-state index is -0.664. The normalized spacial score (nSPS) is 17.5. The van der Waals surface area contributed by atoms with E-state index in [1.807, 2.05) is 47.4 Å². The van der Waals surface area contributed by atoms with Gasteiger partial charge in [-0.2, -0.15) is 5.10 Å². The lowest BCUT2D eigenvalue weighted by molar-refractivity contribution is -0.155. The molecular formula is C31H34N4O5. The van der Waals surface area contributed by atoms with Crippen molar-refractivity contribution in [1.82, 2.24) is 19.2 Å². The molecule has 0 radical (unpaired) electrons. The number of fused-ring (bicyclic) bond motifs is 1. The van der Waals surface area contributed by atoms with Gasteiger partial charge in [0.2, 0.25) is 5.91 Å². The number of likely N-dealkylation sites (tertiary alicyclic amines) is 1. The Hall–Kier alpha value is -4.14. The van der Waals surface area contributed by atoms with Crippen molar-refractivity contribution in [2.24, 2.45) is 11.8 Å². The highest BCUT2D eigenvalue weighted by atomic mass is 16.6. The number of aromatic nitrogens is 3. The standard InChI is InChI=1S/C31H34N4O5/c1-31(2,3)40-28(36)19-34-30(38)35(27(32-34)16-20-12-14-33(18-20)29(37)22-4-5-22)25-9-6-21(7-10-25)23-8-11-26-24(17-23)13-15-39-26/h6-11,13,15,17,20,22H,4-5,12,14,16,18-19H2,1-3H3. The summed E-state index contributed by atoms with van der Waals surface area (Å²) in [5.41, 5.74) is 2.50. The summed E-state index contributed by atoms with van der Waals surface area (Å²) in [4.78, 5) is 40.7. The average Bonchev–Trinajstić information content (AvgIpc) is 3.33. The van der Waals surface area contributed by atoms with Crippen LogP contribution >= 0.6 is 0 Å². The third-order valence-corrected chi connectivity index (χ3v) is 7.51. The van der Waals surface area contributed by atoms with Crippen molar-refractivity contribution in [1.29, 1.82) is 0 Å². The molecule has 3 heterocycles. The molecule has 6 rings (SSSR count). The number of ether oxygens (including phenoxy) is 1. The first-order valence-electron chi connectivity index (χ1n) is 13.9. The van der Waals surface area contributed by atoms with Gasteiger partial charge >= 0.3 is 11.7 Å². The second-order valence-electron chi connectivity index (χ2n) is 11.9. The second-order valence-corrected chi connectivity index (χ2v) is 11.9. The fraction of sp³-hybridized carbons (Fsp3) is 0.419. The van der Waals surface area contributed by atoms with Crippen LogP contribution in [0, 0.1) is 11.8 Å². The molecule has 2 aromatic carbocycles. The van der Waals surface area contributed by atoms with Crippen LogP contribution in [0.15, 0.2) is 64.0 Å². The van der Waals surface area contributed by atoms with Crippen molar-refractivity contribution in [3.8, 4) is 16.8 Å². The summed E-state index contributed by atoms with van der Waals surface area (Å²) >= 11 is 0. The van der Waals surface area contributed by atoms with Crippen LogP contribution in [0.2, 0.25) is 0 Å². The van der Waals surface area contributed by atoms with E-state index in [2.05, 4.69) is 11.2 Å². The summed E-state index contributed by atoms with van der Waals surface area (Å²) in [5.74, 6) is 0.695. The molecular weight excluding hydrogens is 508 g/mol. The number of rotatable bonds is 7. The second kappa shape index (κ2) is 10.1. The van der Waals surface area contributed by atoms with Crippen LogP contribution in [-0.4, -0.2) is 49.8 Å². The summed E-state index contributed by atoms with van der Waals surface area (Å²) in [6.45, 7) is 6.50. The summed E-state index contributed by atoms with van der Waals surface area (Å²) in [7, 11) is 0. The maximum Gasteiger partial charge on any atom is 0.351 e. The van der Waals surface area contributed by atoms with E-state index >= 15 is 0 Å². The molecule has 9 heteroatoms. The van der Waals surface area contributed by atoms with Crippen LogP contribution in [0.4, 0.5) is 0 Å². The SMILES string of the molecule is CC(C)(C)OC(=O)Cn1nc(CC2CCN(C(=O)C3CC3)C2)n(-c2ccc(-c3ccc4occc4c3)cc2)c1=O. The molecule has 1 aliphatic carbocycles. The van der Waals surface area contributed by atoms with E-state index in [1.165, 1.54) is 4.68 Å². The van der Waals surface area contributed by atoms with Gasteiger partial charge in [0.05, 0.1) is 12.0 Å². The Morgan fingerprint density at radius 1 is 1.02 bits per heavy atom.